The maximum atomic E-state index is 10.7. The molecule has 1 aromatic heterocycles. The van der Waals surface area contributed by atoms with Gasteiger partial charge >= 0.3 is 5.97 Å². The molecule has 84 valence electrons. The summed E-state index contributed by atoms with van der Waals surface area (Å²) < 4.78 is 7.12. The predicted octanol–water partition coefficient (Wildman–Crippen LogP) is 2.51. The second-order valence-electron chi connectivity index (χ2n) is 3.84. The summed E-state index contributed by atoms with van der Waals surface area (Å²) in [5.41, 5.74) is 2.38. The Bertz CT molecular complexity index is 514. The quantitative estimate of drug-likeness (QED) is 0.740. The lowest BCUT2D eigenvalue weighted by Gasteiger charge is -2.07. The Kier molecular flexibility index (Phi) is 2.95. The van der Waals surface area contributed by atoms with Gasteiger partial charge in [0.2, 0.25) is 0 Å². The number of aryl methyl sites for hydroxylation is 1. The monoisotopic (exact) mass is 217 g/mol. The second-order valence-corrected chi connectivity index (χ2v) is 3.84. The Morgan fingerprint density at radius 2 is 2.12 bits per heavy atom. The second kappa shape index (κ2) is 4.39. The first-order chi connectivity index (χ1) is 7.68. The summed E-state index contributed by atoms with van der Waals surface area (Å²) in [6.45, 7) is 4.63. The Labute approximate surface area is 94.6 Å². The van der Waals surface area contributed by atoms with Gasteiger partial charge in [0.25, 0.3) is 0 Å². The zero-order valence-electron chi connectivity index (χ0n) is 9.56. The minimum absolute atomic E-state index is 0.228. The lowest BCUT2D eigenvalue weighted by Crippen LogP contribution is -2.09. The van der Waals surface area contributed by atoms with Crippen LogP contribution in [0.5, 0.6) is 0 Å². The maximum absolute atomic E-state index is 10.7. The van der Waals surface area contributed by atoms with Gasteiger partial charge in [-0.25, -0.2) is 0 Å². The third kappa shape index (κ3) is 2.08. The standard InChI is InChI=1S/C13H15NO2/c1-10-9-12-5-3-4-6-13(12)14(10)7-8-16-11(2)15/h3-6,9H,7-8H2,1-2H3. The van der Waals surface area contributed by atoms with Crippen LogP contribution >= 0.6 is 0 Å². The summed E-state index contributed by atoms with van der Waals surface area (Å²) >= 11 is 0. The smallest absolute Gasteiger partial charge is 0.302 e. The minimum Gasteiger partial charge on any atom is -0.464 e. The molecular formula is C13H15NO2. The molecule has 0 bridgehead atoms. The van der Waals surface area contributed by atoms with Crippen molar-refractivity contribution in [3.63, 3.8) is 0 Å². The van der Waals surface area contributed by atoms with Crippen molar-refractivity contribution in [1.82, 2.24) is 4.57 Å². The third-order valence-electron chi connectivity index (χ3n) is 2.64. The van der Waals surface area contributed by atoms with Gasteiger partial charge in [0.05, 0.1) is 6.54 Å². The molecule has 0 aliphatic heterocycles. The predicted molar refractivity (Wildman–Crippen MR) is 63.3 cm³/mol. The fourth-order valence-electron chi connectivity index (χ4n) is 1.93. The van der Waals surface area contributed by atoms with Gasteiger partial charge < -0.3 is 9.30 Å². The van der Waals surface area contributed by atoms with Crippen LogP contribution in [0.15, 0.2) is 30.3 Å². The number of nitrogens with zero attached hydrogens (tertiary/aromatic N) is 1. The Balaban J connectivity index is 2.22. The van der Waals surface area contributed by atoms with E-state index in [1.165, 1.54) is 23.5 Å². The summed E-state index contributed by atoms with van der Waals surface area (Å²) in [4.78, 5) is 10.7. The molecule has 0 amide bonds. The minimum atomic E-state index is -0.228. The molecule has 0 N–H and O–H groups in total. The largest absolute Gasteiger partial charge is 0.464 e. The zero-order chi connectivity index (χ0) is 11.5. The number of ether oxygens (including phenoxy) is 1. The van der Waals surface area contributed by atoms with Gasteiger partial charge in [0.15, 0.2) is 0 Å². The zero-order valence-corrected chi connectivity index (χ0v) is 9.56. The number of carbonyl (C=O) groups is 1. The molecule has 0 saturated heterocycles. The molecule has 3 heteroatoms. The van der Waals surface area contributed by atoms with Gasteiger partial charge in [0, 0.05) is 18.1 Å². The molecule has 0 spiro atoms. The molecule has 0 saturated carbocycles. The molecule has 0 aliphatic rings. The summed E-state index contributed by atoms with van der Waals surface area (Å²) in [5.74, 6) is -0.228. The van der Waals surface area contributed by atoms with E-state index >= 15 is 0 Å². The van der Waals surface area contributed by atoms with Crippen LogP contribution in [0.4, 0.5) is 0 Å². The van der Waals surface area contributed by atoms with Crippen molar-refractivity contribution >= 4 is 16.9 Å². The van der Waals surface area contributed by atoms with Crippen LogP contribution in [-0.4, -0.2) is 17.1 Å². The lowest BCUT2D eigenvalue weighted by atomic mass is 10.2. The van der Waals surface area contributed by atoms with Crippen LogP contribution in [0.25, 0.3) is 10.9 Å². The van der Waals surface area contributed by atoms with Crippen LogP contribution in [0.2, 0.25) is 0 Å². The number of carbonyl (C=O) groups excluding carboxylic acids is 1. The fraction of sp³-hybridized carbons (Fsp3) is 0.308. The summed E-state index contributed by atoms with van der Waals surface area (Å²) in [6.07, 6.45) is 0. The van der Waals surface area contributed by atoms with Crippen LogP contribution in [-0.2, 0) is 16.1 Å². The van der Waals surface area contributed by atoms with E-state index in [1.807, 2.05) is 12.1 Å². The van der Waals surface area contributed by atoms with Gasteiger partial charge in [0.1, 0.15) is 6.61 Å². The van der Waals surface area contributed by atoms with E-state index in [1.54, 1.807) is 0 Å². The molecule has 0 atom stereocenters. The van der Waals surface area contributed by atoms with Gasteiger partial charge in [-0.05, 0) is 24.4 Å². The first kappa shape index (κ1) is 10.7. The number of para-hydroxylation sites is 1. The number of fused-ring (bicyclic) bond motifs is 1. The molecule has 0 unspecified atom stereocenters. The molecule has 1 heterocycles. The number of rotatable bonds is 3. The molecule has 16 heavy (non-hydrogen) atoms. The van der Waals surface area contributed by atoms with Crippen LogP contribution in [0, 0.1) is 6.92 Å². The molecule has 1 aromatic carbocycles. The maximum Gasteiger partial charge on any atom is 0.302 e. The Morgan fingerprint density at radius 3 is 2.88 bits per heavy atom. The van der Waals surface area contributed by atoms with Crippen LogP contribution in [0.3, 0.4) is 0 Å². The van der Waals surface area contributed by atoms with Gasteiger partial charge in [-0.2, -0.15) is 0 Å². The topological polar surface area (TPSA) is 31.2 Å². The number of hydrogen-bond acceptors (Lipinski definition) is 2. The van der Waals surface area contributed by atoms with Crippen molar-refractivity contribution in [1.29, 1.82) is 0 Å². The molecule has 0 aliphatic carbocycles. The molecule has 0 fully saturated rings. The van der Waals surface area contributed by atoms with E-state index in [4.69, 9.17) is 4.74 Å². The summed E-state index contributed by atoms with van der Waals surface area (Å²) in [7, 11) is 0. The summed E-state index contributed by atoms with van der Waals surface area (Å²) in [5, 5.41) is 1.22. The van der Waals surface area contributed by atoms with Crippen LogP contribution < -0.4 is 0 Å². The number of benzene rings is 1. The number of hydrogen-bond donors (Lipinski definition) is 0. The molecular weight excluding hydrogens is 202 g/mol. The first-order valence-electron chi connectivity index (χ1n) is 5.37. The molecule has 3 nitrogen and oxygen atoms in total. The van der Waals surface area contributed by atoms with Crippen LogP contribution in [0.1, 0.15) is 12.6 Å². The van der Waals surface area contributed by atoms with Gasteiger partial charge in [-0.1, -0.05) is 18.2 Å². The van der Waals surface area contributed by atoms with Crippen molar-refractivity contribution < 1.29 is 9.53 Å². The number of esters is 1. The fourth-order valence-corrected chi connectivity index (χ4v) is 1.93. The van der Waals surface area contributed by atoms with E-state index in [2.05, 4.69) is 29.7 Å². The highest BCUT2D eigenvalue weighted by Gasteiger charge is 2.04. The van der Waals surface area contributed by atoms with Gasteiger partial charge in [-0.15, -0.1) is 0 Å². The number of aromatic nitrogens is 1. The Hall–Kier alpha value is -1.77. The third-order valence-corrected chi connectivity index (χ3v) is 2.64. The SMILES string of the molecule is CC(=O)OCCn1c(C)cc2ccccc21. The van der Waals surface area contributed by atoms with Crippen molar-refractivity contribution in [2.45, 2.75) is 20.4 Å². The van der Waals surface area contributed by atoms with E-state index in [0.29, 0.717) is 13.2 Å². The van der Waals surface area contributed by atoms with Crippen molar-refractivity contribution in [2.75, 3.05) is 6.61 Å². The molecule has 0 radical (unpaired) electrons. The summed E-state index contributed by atoms with van der Waals surface area (Å²) in [6, 6.07) is 10.4. The highest BCUT2D eigenvalue weighted by atomic mass is 16.5. The van der Waals surface area contributed by atoms with Crippen molar-refractivity contribution in [3.8, 4) is 0 Å². The van der Waals surface area contributed by atoms with Crippen molar-refractivity contribution in [3.05, 3.63) is 36.0 Å². The first-order valence-corrected chi connectivity index (χ1v) is 5.37. The normalized spacial score (nSPS) is 10.6. The van der Waals surface area contributed by atoms with Crippen molar-refractivity contribution in [2.24, 2.45) is 0 Å². The lowest BCUT2D eigenvalue weighted by molar-refractivity contribution is -0.141. The highest BCUT2D eigenvalue weighted by Crippen LogP contribution is 2.18. The Morgan fingerprint density at radius 1 is 1.38 bits per heavy atom. The van der Waals surface area contributed by atoms with E-state index in [9.17, 15) is 4.79 Å². The molecule has 2 rings (SSSR count). The van der Waals surface area contributed by atoms with E-state index < -0.39 is 0 Å². The molecule has 2 aromatic rings. The highest BCUT2D eigenvalue weighted by molar-refractivity contribution is 5.81. The average Bonchev–Trinajstić information content (AvgIpc) is 2.55. The average molecular weight is 217 g/mol. The van der Waals surface area contributed by atoms with E-state index in [0.717, 1.165) is 0 Å². The van der Waals surface area contributed by atoms with E-state index in [-0.39, 0.29) is 5.97 Å². The van der Waals surface area contributed by atoms with Gasteiger partial charge in [-0.3, -0.25) is 4.79 Å².